The molecule has 2 heterocycles. The summed E-state index contributed by atoms with van der Waals surface area (Å²) in [5.74, 6) is 0.0510. The zero-order chi connectivity index (χ0) is 20.1. The van der Waals surface area contributed by atoms with Crippen LogP contribution in [0.4, 0.5) is 0 Å². The molecular weight excluding hydrogens is 378 g/mol. The second kappa shape index (κ2) is 9.02. The predicted molar refractivity (Wildman–Crippen MR) is 106 cm³/mol. The number of benzene rings is 1. The first-order chi connectivity index (χ1) is 13.4. The number of hydrogen-bond acceptors (Lipinski definition) is 7. The Hall–Kier alpha value is -1.97. The summed E-state index contributed by atoms with van der Waals surface area (Å²) in [5.41, 5.74) is 0.913. The van der Waals surface area contributed by atoms with Crippen molar-refractivity contribution in [2.75, 3.05) is 19.8 Å². The molecule has 1 aliphatic heterocycles. The molecule has 1 saturated heterocycles. The smallest absolute Gasteiger partial charge is 0.224 e. The Morgan fingerprint density at radius 3 is 2.68 bits per heavy atom. The Bertz CT molecular complexity index is 785. The summed E-state index contributed by atoms with van der Waals surface area (Å²) in [6.45, 7) is 3.96. The Balaban J connectivity index is 1.66. The number of hydrogen-bond donors (Lipinski definition) is 0. The number of aromatic nitrogens is 4. The quantitative estimate of drug-likeness (QED) is 0.655. The second-order valence-corrected chi connectivity index (χ2v) is 8.20. The van der Waals surface area contributed by atoms with Gasteiger partial charge in [-0.2, -0.15) is 4.68 Å². The average Bonchev–Trinajstić information content (AvgIpc) is 3.15. The Morgan fingerprint density at radius 1 is 1.29 bits per heavy atom. The Kier molecular flexibility index (Phi) is 6.69. The minimum Gasteiger partial charge on any atom is -0.349 e. The van der Waals surface area contributed by atoms with Crippen LogP contribution in [0, 0.1) is 0 Å². The lowest BCUT2D eigenvalue weighted by Gasteiger charge is -2.42. The molecule has 1 aromatic carbocycles. The third kappa shape index (κ3) is 5.09. The largest absolute Gasteiger partial charge is 0.349 e. The molecule has 0 spiro atoms. The first-order valence-corrected chi connectivity index (χ1v) is 10.4. The third-order valence-corrected chi connectivity index (χ3v) is 5.79. The van der Waals surface area contributed by atoms with E-state index in [0.717, 1.165) is 5.69 Å². The van der Waals surface area contributed by atoms with Gasteiger partial charge in [-0.15, -0.1) is 5.10 Å². The van der Waals surface area contributed by atoms with Crippen LogP contribution in [0.15, 0.2) is 35.5 Å². The number of amides is 1. The van der Waals surface area contributed by atoms with Crippen molar-refractivity contribution in [2.45, 2.75) is 56.3 Å². The monoisotopic (exact) mass is 405 g/mol. The molecule has 152 valence electrons. The number of nitrogens with zero attached hydrogens (tertiary/aromatic N) is 5. The van der Waals surface area contributed by atoms with Crippen molar-refractivity contribution in [3.8, 4) is 5.69 Å². The van der Waals surface area contributed by atoms with E-state index in [1.54, 1.807) is 35.4 Å². The molecule has 0 radical (unpaired) electrons. The highest BCUT2D eigenvalue weighted by Crippen LogP contribution is 2.33. The number of para-hydroxylation sites is 1. The van der Waals surface area contributed by atoms with Gasteiger partial charge in [0, 0.05) is 26.3 Å². The van der Waals surface area contributed by atoms with E-state index in [4.69, 9.17) is 9.47 Å². The number of ether oxygens (including phenoxy) is 2. The highest BCUT2D eigenvalue weighted by atomic mass is 32.2. The van der Waals surface area contributed by atoms with Gasteiger partial charge in [-0.1, -0.05) is 36.9 Å². The van der Waals surface area contributed by atoms with Crippen LogP contribution in [0.2, 0.25) is 0 Å². The molecule has 1 amide bonds. The van der Waals surface area contributed by atoms with Crippen molar-refractivity contribution >= 4 is 17.7 Å². The number of tetrazole rings is 1. The summed E-state index contributed by atoms with van der Waals surface area (Å²) in [5, 5.41) is 12.7. The van der Waals surface area contributed by atoms with Crippen LogP contribution < -0.4 is 0 Å². The van der Waals surface area contributed by atoms with Gasteiger partial charge in [-0.3, -0.25) is 4.79 Å². The van der Waals surface area contributed by atoms with Gasteiger partial charge in [0.05, 0.1) is 24.3 Å². The van der Waals surface area contributed by atoms with Gasteiger partial charge < -0.3 is 14.4 Å². The molecule has 1 unspecified atom stereocenters. The molecule has 1 fully saturated rings. The van der Waals surface area contributed by atoms with Crippen molar-refractivity contribution in [3.63, 3.8) is 0 Å². The van der Waals surface area contributed by atoms with E-state index >= 15 is 0 Å². The van der Waals surface area contributed by atoms with Gasteiger partial charge in [0.15, 0.2) is 5.79 Å². The summed E-state index contributed by atoms with van der Waals surface area (Å²) in [6, 6.07) is 9.78. The van der Waals surface area contributed by atoms with Crippen LogP contribution in [0.3, 0.4) is 0 Å². The predicted octanol–water partition coefficient (Wildman–Crippen LogP) is 2.53. The van der Waals surface area contributed by atoms with Crippen LogP contribution in [-0.2, 0) is 14.3 Å². The van der Waals surface area contributed by atoms with Gasteiger partial charge in [0.1, 0.15) is 0 Å². The average molecular weight is 406 g/mol. The van der Waals surface area contributed by atoms with Crippen LogP contribution in [0.1, 0.15) is 33.1 Å². The topological polar surface area (TPSA) is 82.4 Å². The van der Waals surface area contributed by atoms with E-state index in [-0.39, 0.29) is 18.1 Å². The molecule has 3 rings (SSSR count). The summed E-state index contributed by atoms with van der Waals surface area (Å²) in [6.07, 6.45) is 1.51. The molecule has 1 aromatic heterocycles. The highest BCUT2D eigenvalue weighted by Gasteiger charge is 2.38. The minimum atomic E-state index is -0.688. The molecule has 2 aromatic rings. The lowest BCUT2D eigenvalue weighted by molar-refractivity contribution is -0.305. The number of carbonyl (C=O) groups is 1. The van der Waals surface area contributed by atoms with Gasteiger partial charge in [-0.25, -0.2) is 0 Å². The number of rotatable bonds is 7. The highest BCUT2D eigenvalue weighted by molar-refractivity contribution is 7.99. The standard InChI is InChI=1S/C19H27N5O3S/c1-5-19(2)26-15(12-17(25)23(3)4)11-16(27-19)13-28-18-20-21-22-24(18)14-9-7-6-8-10-14/h6-10,15-16H,5,11-13H2,1-4H3/t15-,16+,19?/m1/s1. The molecule has 0 N–H and O–H groups in total. The van der Waals surface area contributed by atoms with E-state index in [9.17, 15) is 4.79 Å². The minimum absolute atomic E-state index is 0.0513. The van der Waals surface area contributed by atoms with E-state index in [1.807, 2.05) is 44.2 Å². The summed E-state index contributed by atoms with van der Waals surface area (Å²) < 4.78 is 14.0. The van der Waals surface area contributed by atoms with E-state index in [1.165, 1.54) is 0 Å². The molecular formula is C19H27N5O3S. The second-order valence-electron chi connectivity index (χ2n) is 7.21. The van der Waals surface area contributed by atoms with Crippen molar-refractivity contribution in [3.05, 3.63) is 30.3 Å². The molecule has 0 saturated carbocycles. The van der Waals surface area contributed by atoms with Gasteiger partial charge >= 0.3 is 0 Å². The molecule has 8 nitrogen and oxygen atoms in total. The number of carbonyl (C=O) groups excluding carboxylic acids is 1. The Labute approximate surface area is 169 Å². The lowest BCUT2D eigenvalue weighted by atomic mass is 10.0. The fourth-order valence-corrected chi connectivity index (χ4v) is 3.96. The van der Waals surface area contributed by atoms with E-state index in [2.05, 4.69) is 15.5 Å². The lowest BCUT2D eigenvalue weighted by Crippen LogP contribution is -2.48. The maximum Gasteiger partial charge on any atom is 0.224 e. The zero-order valence-corrected chi connectivity index (χ0v) is 17.6. The molecule has 28 heavy (non-hydrogen) atoms. The zero-order valence-electron chi connectivity index (χ0n) is 16.7. The van der Waals surface area contributed by atoms with Crippen molar-refractivity contribution in [1.29, 1.82) is 0 Å². The molecule has 0 aliphatic carbocycles. The van der Waals surface area contributed by atoms with Gasteiger partial charge in [0.2, 0.25) is 11.1 Å². The van der Waals surface area contributed by atoms with Gasteiger partial charge in [0.25, 0.3) is 0 Å². The third-order valence-electron chi connectivity index (χ3n) is 4.74. The molecule has 0 bridgehead atoms. The summed E-state index contributed by atoms with van der Waals surface area (Å²) in [7, 11) is 3.52. The van der Waals surface area contributed by atoms with E-state index < -0.39 is 5.79 Å². The maximum absolute atomic E-state index is 12.1. The molecule has 9 heteroatoms. The first-order valence-electron chi connectivity index (χ1n) is 9.42. The van der Waals surface area contributed by atoms with Crippen LogP contribution in [0.5, 0.6) is 0 Å². The summed E-state index contributed by atoms with van der Waals surface area (Å²) >= 11 is 1.54. The van der Waals surface area contributed by atoms with Crippen LogP contribution >= 0.6 is 11.8 Å². The summed E-state index contributed by atoms with van der Waals surface area (Å²) in [4.78, 5) is 13.7. The van der Waals surface area contributed by atoms with Crippen LogP contribution in [-0.4, -0.2) is 68.9 Å². The first kappa shape index (κ1) is 20.8. The van der Waals surface area contributed by atoms with Crippen molar-refractivity contribution in [1.82, 2.24) is 25.1 Å². The normalized spacial score (nSPS) is 24.9. The number of thioether (sulfide) groups is 1. The van der Waals surface area contributed by atoms with Crippen molar-refractivity contribution in [2.24, 2.45) is 0 Å². The SMILES string of the molecule is CCC1(C)O[C@H](CSc2nnnn2-c2ccccc2)C[C@H](CC(=O)N(C)C)O1. The Morgan fingerprint density at radius 2 is 2.00 bits per heavy atom. The van der Waals surface area contributed by atoms with Gasteiger partial charge in [-0.05, 0) is 35.9 Å². The van der Waals surface area contributed by atoms with Crippen LogP contribution in [0.25, 0.3) is 5.69 Å². The fourth-order valence-electron chi connectivity index (χ4n) is 3.06. The maximum atomic E-state index is 12.1. The fraction of sp³-hybridized carbons (Fsp3) is 0.579. The van der Waals surface area contributed by atoms with Crippen molar-refractivity contribution < 1.29 is 14.3 Å². The molecule has 1 aliphatic rings. The molecule has 3 atom stereocenters. The van der Waals surface area contributed by atoms with E-state index in [0.29, 0.717) is 30.2 Å².